The van der Waals surface area contributed by atoms with Gasteiger partial charge in [-0.1, -0.05) is 32.1 Å². The number of aliphatic hydroxyl groups excluding tert-OH is 1. The maximum atomic E-state index is 9.88. The predicted molar refractivity (Wildman–Crippen MR) is 100 cm³/mol. The third kappa shape index (κ3) is 17.4. The van der Waals surface area contributed by atoms with Gasteiger partial charge >= 0.3 is 11.9 Å². The molecule has 1 unspecified atom stereocenters. The number of carboxylic acid groups (broad SMARTS) is 2. The Hall–Kier alpha value is -1.44. The molecule has 7 nitrogen and oxygen atoms in total. The number of hydrogen-bond donors (Lipinski definition) is 4. The van der Waals surface area contributed by atoms with Crippen LogP contribution in [0.2, 0.25) is 0 Å². The summed E-state index contributed by atoms with van der Waals surface area (Å²) in [5, 5.41) is 28.8. The van der Waals surface area contributed by atoms with Crippen molar-refractivity contribution >= 4 is 11.9 Å². The summed E-state index contributed by atoms with van der Waals surface area (Å²) in [5.41, 5.74) is 0.0568. The van der Waals surface area contributed by atoms with E-state index >= 15 is 0 Å². The summed E-state index contributed by atoms with van der Waals surface area (Å²) < 4.78 is 5.86. The zero-order valence-corrected chi connectivity index (χ0v) is 16.2. The van der Waals surface area contributed by atoms with Gasteiger partial charge in [-0.2, -0.15) is 0 Å². The highest BCUT2D eigenvalue weighted by Gasteiger charge is 2.16. The molecule has 0 amide bonds. The fourth-order valence-corrected chi connectivity index (χ4v) is 2.46. The van der Waals surface area contributed by atoms with Gasteiger partial charge < -0.3 is 25.4 Å². The lowest BCUT2D eigenvalue weighted by Crippen LogP contribution is -2.42. The summed E-state index contributed by atoms with van der Waals surface area (Å²) in [6.07, 6.45) is 10.0. The van der Waals surface area contributed by atoms with Gasteiger partial charge in [0.05, 0.1) is 18.8 Å². The van der Waals surface area contributed by atoms with Gasteiger partial charge in [0.2, 0.25) is 0 Å². The van der Waals surface area contributed by atoms with Crippen LogP contribution < -0.4 is 5.32 Å². The minimum Gasteiger partial charge on any atom is -0.478 e. The molecule has 0 radical (unpaired) electrons. The molecule has 1 aliphatic carbocycles. The van der Waals surface area contributed by atoms with Crippen molar-refractivity contribution in [3.05, 3.63) is 12.2 Å². The molecule has 0 aromatic carbocycles. The molecule has 7 heteroatoms. The lowest BCUT2D eigenvalue weighted by molar-refractivity contribution is -0.134. The molecule has 152 valence electrons. The second-order valence-corrected chi connectivity index (χ2v) is 7.59. The van der Waals surface area contributed by atoms with Crippen LogP contribution in [0.3, 0.4) is 0 Å². The lowest BCUT2D eigenvalue weighted by atomic mass is 9.98. The predicted octanol–water partition coefficient (Wildman–Crippen LogP) is 2.58. The van der Waals surface area contributed by atoms with E-state index in [2.05, 4.69) is 26.1 Å². The number of carboxylic acids is 2. The number of aliphatic carboxylic acids is 2. The summed E-state index contributed by atoms with van der Waals surface area (Å²) in [6.45, 7) is 7.39. The lowest BCUT2D eigenvalue weighted by Gasteiger charge is -2.25. The van der Waals surface area contributed by atoms with E-state index in [-0.39, 0.29) is 5.54 Å². The first-order valence-electron chi connectivity index (χ1n) is 9.29. The van der Waals surface area contributed by atoms with Crippen LogP contribution in [0.5, 0.6) is 0 Å². The van der Waals surface area contributed by atoms with Gasteiger partial charge in [-0.05, 0) is 33.6 Å². The van der Waals surface area contributed by atoms with E-state index in [1.54, 1.807) is 0 Å². The minimum atomic E-state index is -1.26. The van der Waals surface area contributed by atoms with E-state index in [0.29, 0.717) is 31.4 Å². The Morgan fingerprint density at radius 3 is 1.92 bits per heavy atom. The minimum absolute atomic E-state index is 0.0568. The van der Waals surface area contributed by atoms with Gasteiger partial charge in [-0.15, -0.1) is 0 Å². The molecule has 0 saturated heterocycles. The summed E-state index contributed by atoms with van der Waals surface area (Å²) in [6, 6.07) is 0. The van der Waals surface area contributed by atoms with Crippen molar-refractivity contribution in [3.63, 3.8) is 0 Å². The van der Waals surface area contributed by atoms with Crippen molar-refractivity contribution in [1.82, 2.24) is 5.32 Å². The van der Waals surface area contributed by atoms with E-state index < -0.39 is 18.0 Å². The standard InChI is InChI=1S/C15H31NO2.C4H4O4/c1-15(2,3)16-11-13(17)12-18-14-9-7-5-4-6-8-10-14;5-3(6)1-2-4(7)8/h13-14,16-17H,4-12H2,1-3H3;1-2H,(H,5,6)(H,7,8)/b;2-1+. The van der Waals surface area contributed by atoms with Crippen LogP contribution in [-0.2, 0) is 14.3 Å². The van der Waals surface area contributed by atoms with Crippen LogP contribution in [0.4, 0.5) is 0 Å². The van der Waals surface area contributed by atoms with Crippen LogP contribution in [-0.4, -0.2) is 58.2 Å². The molecular formula is C19H35NO6. The monoisotopic (exact) mass is 373 g/mol. The van der Waals surface area contributed by atoms with Crippen molar-refractivity contribution in [2.24, 2.45) is 0 Å². The fraction of sp³-hybridized carbons (Fsp3) is 0.789. The molecule has 4 N–H and O–H groups in total. The van der Waals surface area contributed by atoms with E-state index in [4.69, 9.17) is 14.9 Å². The Bertz CT molecular complexity index is 406. The molecule has 1 saturated carbocycles. The van der Waals surface area contributed by atoms with Crippen molar-refractivity contribution in [2.45, 2.75) is 83.5 Å². The Morgan fingerprint density at radius 2 is 1.50 bits per heavy atom. The number of nitrogens with one attached hydrogen (secondary N) is 1. The van der Waals surface area contributed by atoms with Crippen molar-refractivity contribution in [3.8, 4) is 0 Å². The average molecular weight is 373 g/mol. The van der Waals surface area contributed by atoms with Gasteiger partial charge in [-0.25, -0.2) is 9.59 Å². The normalized spacial score (nSPS) is 17.7. The van der Waals surface area contributed by atoms with Crippen LogP contribution in [0.1, 0.15) is 65.7 Å². The zero-order valence-electron chi connectivity index (χ0n) is 16.2. The number of ether oxygens (including phenoxy) is 1. The molecule has 0 bridgehead atoms. The van der Waals surface area contributed by atoms with Gasteiger partial charge in [0.1, 0.15) is 0 Å². The van der Waals surface area contributed by atoms with Gasteiger partial charge in [0.25, 0.3) is 0 Å². The maximum Gasteiger partial charge on any atom is 0.328 e. The summed E-state index contributed by atoms with van der Waals surface area (Å²) in [5.74, 6) is -2.51. The van der Waals surface area contributed by atoms with Crippen molar-refractivity contribution in [2.75, 3.05) is 13.2 Å². The molecular weight excluding hydrogens is 338 g/mol. The highest BCUT2D eigenvalue weighted by Crippen LogP contribution is 2.19. The van der Waals surface area contributed by atoms with Crippen LogP contribution in [0.15, 0.2) is 12.2 Å². The van der Waals surface area contributed by atoms with Crippen molar-refractivity contribution < 1.29 is 29.6 Å². The van der Waals surface area contributed by atoms with Crippen molar-refractivity contribution in [1.29, 1.82) is 0 Å². The van der Waals surface area contributed by atoms with Gasteiger partial charge in [0, 0.05) is 24.2 Å². The molecule has 0 aromatic heterocycles. The summed E-state index contributed by atoms with van der Waals surface area (Å²) in [7, 11) is 0. The summed E-state index contributed by atoms with van der Waals surface area (Å²) in [4.78, 5) is 19.1. The SMILES string of the molecule is CC(C)(C)NCC(O)COC1CCCCCCC1.O=C(O)/C=C/C(=O)O. The van der Waals surface area contributed by atoms with Gasteiger partial charge in [0.15, 0.2) is 0 Å². The number of β-amino-alcohol motifs (C(OH)–C–C–N with tert-alkyl or cyclic N) is 1. The Morgan fingerprint density at radius 1 is 1.04 bits per heavy atom. The molecule has 0 aliphatic heterocycles. The molecule has 0 aromatic rings. The Labute approximate surface area is 156 Å². The molecule has 1 atom stereocenters. The highest BCUT2D eigenvalue weighted by molar-refractivity contribution is 5.89. The number of aliphatic hydroxyl groups is 1. The molecule has 1 aliphatic rings. The van der Waals surface area contributed by atoms with E-state index in [1.807, 2.05) is 0 Å². The van der Waals surface area contributed by atoms with E-state index in [9.17, 15) is 14.7 Å². The van der Waals surface area contributed by atoms with E-state index in [0.717, 1.165) is 0 Å². The fourth-order valence-electron chi connectivity index (χ4n) is 2.46. The largest absolute Gasteiger partial charge is 0.478 e. The second kappa shape index (κ2) is 13.7. The Kier molecular flexibility index (Phi) is 13.0. The van der Waals surface area contributed by atoms with Crippen LogP contribution >= 0.6 is 0 Å². The van der Waals surface area contributed by atoms with Crippen LogP contribution in [0, 0.1) is 0 Å². The smallest absolute Gasteiger partial charge is 0.328 e. The number of hydrogen-bond acceptors (Lipinski definition) is 5. The quantitative estimate of drug-likeness (QED) is 0.507. The topological polar surface area (TPSA) is 116 Å². The molecule has 1 fully saturated rings. The molecule has 1 rings (SSSR count). The zero-order chi connectivity index (χ0) is 20.0. The van der Waals surface area contributed by atoms with Gasteiger partial charge in [-0.3, -0.25) is 0 Å². The number of rotatable bonds is 7. The van der Waals surface area contributed by atoms with E-state index in [1.165, 1.54) is 44.9 Å². The second-order valence-electron chi connectivity index (χ2n) is 7.59. The van der Waals surface area contributed by atoms with Crippen LogP contribution in [0.25, 0.3) is 0 Å². The molecule has 0 spiro atoms. The first-order chi connectivity index (χ1) is 12.1. The first kappa shape index (κ1) is 24.6. The molecule has 26 heavy (non-hydrogen) atoms. The molecule has 0 heterocycles. The Balaban J connectivity index is 0.000000660. The third-order valence-electron chi connectivity index (χ3n) is 3.81. The first-order valence-corrected chi connectivity index (χ1v) is 9.29. The average Bonchev–Trinajstić information content (AvgIpc) is 2.50. The summed E-state index contributed by atoms with van der Waals surface area (Å²) >= 11 is 0. The highest BCUT2D eigenvalue weighted by atomic mass is 16.5. The number of carbonyl (C=O) groups is 2. The third-order valence-corrected chi connectivity index (χ3v) is 3.81. The maximum absolute atomic E-state index is 9.88.